The Morgan fingerprint density at radius 2 is 1.87 bits per heavy atom. The summed E-state index contributed by atoms with van der Waals surface area (Å²) in [5, 5.41) is 7.91. The molecule has 0 saturated heterocycles. The molecular weight excluding hydrogens is 190 g/mol. The van der Waals surface area contributed by atoms with E-state index in [1.54, 1.807) is 6.92 Å². The lowest BCUT2D eigenvalue weighted by Gasteiger charge is -2.10. The molecule has 1 atom stereocenters. The molecule has 0 fully saturated rings. The van der Waals surface area contributed by atoms with Crippen LogP contribution < -0.4 is 0 Å². The van der Waals surface area contributed by atoms with E-state index in [2.05, 4.69) is 10.2 Å². The first-order valence-corrected chi connectivity index (χ1v) is 4.84. The Labute approximate surface area is 87.9 Å². The normalized spacial score (nSPS) is 20.9. The van der Waals surface area contributed by atoms with Crippen molar-refractivity contribution in [1.82, 2.24) is 0 Å². The van der Waals surface area contributed by atoms with Crippen molar-refractivity contribution in [3.05, 3.63) is 40.8 Å². The summed E-state index contributed by atoms with van der Waals surface area (Å²) in [6.07, 6.45) is 0. The number of hydrogen-bond acceptors (Lipinski definition) is 3. The van der Waals surface area contributed by atoms with E-state index in [0.29, 0.717) is 5.84 Å². The molecule has 0 saturated carbocycles. The van der Waals surface area contributed by atoms with Crippen molar-refractivity contribution in [2.45, 2.75) is 19.9 Å². The highest BCUT2D eigenvalue weighted by atomic mass is 16.3. The summed E-state index contributed by atoms with van der Waals surface area (Å²) < 4.78 is 0.884. The van der Waals surface area contributed by atoms with Crippen molar-refractivity contribution < 1.29 is 4.76 Å². The summed E-state index contributed by atoms with van der Waals surface area (Å²) in [5.74, 6) is 0.405. The van der Waals surface area contributed by atoms with Gasteiger partial charge in [0, 0.05) is 12.5 Å². The summed E-state index contributed by atoms with van der Waals surface area (Å²) in [6.45, 7) is 3.49. The van der Waals surface area contributed by atoms with Gasteiger partial charge in [-0.2, -0.15) is 0 Å². The molecule has 1 aliphatic rings. The van der Waals surface area contributed by atoms with Crippen molar-refractivity contribution in [2.75, 3.05) is 0 Å². The van der Waals surface area contributed by atoms with E-state index in [9.17, 15) is 4.91 Å². The highest BCUT2D eigenvalue weighted by Crippen LogP contribution is 2.11. The predicted molar refractivity (Wildman–Crippen MR) is 59.2 cm³/mol. The van der Waals surface area contributed by atoms with E-state index in [0.717, 1.165) is 16.0 Å². The summed E-state index contributed by atoms with van der Waals surface area (Å²) in [6, 6.07) is 9.36. The molecule has 1 unspecified atom stereocenters. The predicted octanol–water partition coefficient (Wildman–Crippen LogP) is 1.99. The third-order valence-electron chi connectivity index (χ3n) is 2.44. The minimum absolute atomic E-state index is 0.273. The molecule has 0 spiro atoms. The average molecular weight is 202 g/mol. The average Bonchev–Trinajstić information content (AvgIpc) is 2.27. The zero-order chi connectivity index (χ0) is 10.8. The van der Waals surface area contributed by atoms with Crippen molar-refractivity contribution in [1.29, 1.82) is 0 Å². The van der Waals surface area contributed by atoms with E-state index in [-0.39, 0.29) is 6.04 Å². The quantitative estimate of drug-likeness (QED) is 0.642. The summed E-state index contributed by atoms with van der Waals surface area (Å²) >= 11 is 0. The van der Waals surface area contributed by atoms with Crippen molar-refractivity contribution in [2.24, 2.45) is 10.2 Å². The van der Waals surface area contributed by atoms with E-state index in [1.807, 2.05) is 37.3 Å². The van der Waals surface area contributed by atoms with Crippen LogP contribution in [0.2, 0.25) is 0 Å². The Balaban J connectivity index is 2.43. The molecule has 0 N–H and O–H groups in total. The van der Waals surface area contributed by atoms with E-state index >= 15 is 0 Å². The summed E-state index contributed by atoms with van der Waals surface area (Å²) in [4.78, 5) is 11.6. The van der Waals surface area contributed by atoms with Crippen LogP contribution in [0.15, 0.2) is 40.5 Å². The van der Waals surface area contributed by atoms with Gasteiger partial charge in [0.1, 0.15) is 5.71 Å². The lowest BCUT2D eigenvalue weighted by molar-refractivity contribution is -0.453. The fourth-order valence-electron chi connectivity index (χ4n) is 1.55. The van der Waals surface area contributed by atoms with Crippen molar-refractivity contribution in [3.63, 3.8) is 0 Å². The van der Waals surface area contributed by atoms with Crippen molar-refractivity contribution >= 4 is 11.5 Å². The molecule has 1 heterocycles. The minimum Gasteiger partial charge on any atom is -0.0647 e. The highest BCUT2D eigenvalue weighted by molar-refractivity contribution is 6.04. The van der Waals surface area contributed by atoms with Crippen LogP contribution in [0.4, 0.5) is 0 Å². The van der Waals surface area contributed by atoms with Crippen molar-refractivity contribution in [3.8, 4) is 0 Å². The molecule has 0 amide bonds. The molecule has 15 heavy (non-hydrogen) atoms. The van der Waals surface area contributed by atoms with Crippen LogP contribution in [-0.4, -0.2) is 22.3 Å². The van der Waals surface area contributed by atoms with Gasteiger partial charge in [-0.1, -0.05) is 35.2 Å². The van der Waals surface area contributed by atoms with Gasteiger partial charge in [0.25, 0.3) is 0 Å². The monoisotopic (exact) mass is 202 g/mol. The molecule has 0 bridgehead atoms. The Bertz CT molecular complexity index is 448. The first-order valence-electron chi connectivity index (χ1n) is 4.84. The van der Waals surface area contributed by atoms with Gasteiger partial charge in [0.2, 0.25) is 0 Å². The molecule has 2 rings (SSSR count). The SMILES string of the molecule is CC1=NN=C(c2ccccc2)C(C)[N+]1=O. The van der Waals surface area contributed by atoms with Gasteiger partial charge < -0.3 is 0 Å². The number of benzene rings is 1. The first-order chi connectivity index (χ1) is 7.20. The van der Waals surface area contributed by atoms with Gasteiger partial charge in [-0.25, -0.2) is 0 Å². The van der Waals surface area contributed by atoms with E-state index in [4.69, 9.17) is 0 Å². The molecule has 0 aliphatic carbocycles. The van der Waals surface area contributed by atoms with E-state index < -0.39 is 0 Å². The van der Waals surface area contributed by atoms with Gasteiger partial charge in [0.15, 0.2) is 6.04 Å². The standard InChI is InChI=1S/C11H12N3O/c1-8-11(10-6-4-3-5-7-10)13-12-9(2)14(8)15/h3-8H,1-2H3/q+1. The zero-order valence-electron chi connectivity index (χ0n) is 8.71. The Kier molecular flexibility index (Phi) is 2.41. The second kappa shape index (κ2) is 3.73. The lowest BCUT2D eigenvalue weighted by Crippen LogP contribution is -2.36. The number of rotatable bonds is 1. The Morgan fingerprint density at radius 3 is 2.53 bits per heavy atom. The van der Waals surface area contributed by atoms with Gasteiger partial charge in [-0.15, -0.1) is 0 Å². The molecule has 76 valence electrons. The number of amidine groups is 1. The number of nitrogens with zero attached hydrogens (tertiary/aromatic N) is 3. The lowest BCUT2D eigenvalue weighted by atomic mass is 10.0. The van der Waals surface area contributed by atoms with Crippen LogP contribution >= 0.6 is 0 Å². The molecule has 1 aromatic rings. The van der Waals surface area contributed by atoms with Crippen LogP contribution in [0.25, 0.3) is 0 Å². The molecule has 4 heteroatoms. The molecule has 4 nitrogen and oxygen atoms in total. The minimum atomic E-state index is -0.273. The summed E-state index contributed by atoms with van der Waals surface area (Å²) in [5.41, 5.74) is 1.67. The second-order valence-electron chi connectivity index (χ2n) is 3.50. The molecule has 0 aromatic heterocycles. The highest BCUT2D eigenvalue weighted by Gasteiger charge is 2.31. The van der Waals surface area contributed by atoms with Gasteiger partial charge in [-0.3, -0.25) is 0 Å². The van der Waals surface area contributed by atoms with Crippen LogP contribution in [-0.2, 0) is 0 Å². The topological polar surface area (TPSA) is 44.8 Å². The smallest absolute Gasteiger partial charge is 0.0647 e. The second-order valence-corrected chi connectivity index (χ2v) is 3.50. The first kappa shape index (κ1) is 9.71. The van der Waals surface area contributed by atoms with Crippen LogP contribution in [0.3, 0.4) is 0 Å². The van der Waals surface area contributed by atoms with Crippen LogP contribution in [0.1, 0.15) is 19.4 Å². The molecule has 1 aliphatic heterocycles. The third-order valence-corrected chi connectivity index (χ3v) is 2.44. The van der Waals surface area contributed by atoms with E-state index in [1.165, 1.54) is 0 Å². The van der Waals surface area contributed by atoms with Gasteiger partial charge in [-0.05, 0) is 16.8 Å². The molecule has 0 radical (unpaired) electrons. The van der Waals surface area contributed by atoms with Crippen LogP contribution in [0.5, 0.6) is 0 Å². The van der Waals surface area contributed by atoms with Crippen LogP contribution in [0, 0.1) is 4.91 Å². The maximum absolute atomic E-state index is 11.6. The summed E-state index contributed by atoms with van der Waals surface area (Å²) in [7, 11) is 0. The largest absolute Gasteiger partial charge is 0.361 e. The maximum Gasteiger partial charge on any atom is 0.361 e. The fraction of sp³-hybridized carbons (Fsp3) is 0.273. The fourth-order valence-corrected chi connectivity index (χ4v) is 1.55. The third kappa shape index (κ3) is 1.70. The molecular formula is C11H12N3O+. The number of nitroso groups, excluding NO2 is 1. The number of hydrogen-bond donors (Lipinski definition) is 0. The Morgan fingerprint density at radius 1 is 1.20 bits per heavy atom. The molecule has 1 aromatic carbocycles. The maximum atomic E-state index is 11.6. The van der Waals surface area contributed by atoms with Gasteiger partial charge in [0.05, 0.1) is 5.10 Å². The Hall–Kier alpha value is -1.84. The zero-order valence-corrected chi connectivity index (χ0v) is 8.71. The van der Waals surface area contributed by atoms with Gasteiger partial charge >= 0.3 is 5.84 Å².